The van der Waals surface area contributed by atoms with Gasteiger partial charge in [-0.15, -0.1) is 0 Å². The number of ketones is 1. The van der Waals surface area contributed by atoms with Gasteiger partial charge < -0.3 is 4.74 Å². The van der Waals surface area contributed by atoms with Crippen LogP contribution in [0.25, 0.3) is 0 Å². The van der Waals surface area contributed by atoms with Gasteiger partial charge in [-0.2, -0.15) is 0 Å². The molecule has 2 heteroatoms. The molecule has 0 spiro atoms. The minimum Gasteiger partial charge on any atom is -0.489 e. The minimum atomic E-state index is 0.146. The van der Waals surface area contributed by atoms with Crippen molar-refractivity contribution in [1.29, 1.82) is 0 Å². The summed E-state index contributed by atoms with van der Waals surface area (Å²) >= 11 is 0. The van der Waals surface area contributed by atoms with Crippen LogP contribution in [0.1, 0.15) is 29.2 Å². The van der Waals surface area contributed by atoms with Crippen LogP contribution in [0.15, 0.2) is 42.5 Å². The van der Waals surface area contributed by atoms with E-state index in [4.69, 9.17) is 4.74 Å². The van der Waals surface area contributed by atoms with Gasteiger partial charge in [-0.25, -0.2) is 0 Å². The predicted octanol–water partition coefficient (Wildman–Crippen LogP) is 4.01. The van der Waals surface area contributed by atoms with E-state index in [0.717, 1.165) is 11.3 Å². The van der Waals surface area contributed by atoms with Gasteiger partial charge in [0.1, 0.15) is 18.1 Å². The Balaban J connectivity index is 2.17. The number of hydrogen-bond acceptors (Lipinski definition) is 2. The Morgan fingerprint density at radius 2 is 1.65 bits per heavy atom. The zero-order valence-electron chi connectivity index (χ0n) is 12.3. The van der Waals surface area contributed by atoms with Crippen LogP contribution >= 0.6 is 0 Å². The van der Waals surface area contributed by atoms with Crippen LogP contribution in [0, 0.1) is 13.8 Å². The van der Waals surface area contributed by atoms with E-state index in [0.29, 0.717) is 13.0 Å². The molecule has 0 N–H and O–H groups in total. The highest BCUT2D eigenvalue weighted by Gasteiger charge is 2.07. The Morgan fingerprint density at radius 1 is 1.00 bits per heavy atom. The third kappa shape index (κ3) is 3.47. The Kier molecular flexibility index (Phi) is 4.57. The van der Waals surface area contributed by atoms with E-state index in [1.165, 1.54) is 16.7 Å². The molecule has 0 radical (unpaired) electrons. The number of rotatable bonds is 5. The summed E-state index contributed by atoms with van der Waals surface area (Å²) in [5.41, 5.74) is 4.62. The molecule has 2 aromatic carbocycles. The predicted molar refractivity (Wildman–Crippen MR) is 81.1 cm³/mol. The Hall–Kier alpha value is -2.09. The maximum absolute atomic E-state index is 11.3. The quantitative estimate of drug-likeness (QED) is 0.819. The lowest BCUT2D eigenvalue weighted by molar-refractivity contribution is -0.116. The number of para-hydroxylation sites is 1. The molecule has 0 fully saturated rings. The van der Waals surface area contributed by atoms with Gasteiger partial charge >= 0.3 is 0 Å². The Bertz CT molecular complexity index is 594. The first-order valence-corrected chi connectivity index (χ1v) is 6.83. The number of carbonyl (C=O) groups excluding carboxylic acids is 1. The molecule has 20 heavy (non-hydrogen) atoms. The molecule has 0 aromatic heterocycles. The van der Waals surface area contributed by atoms with Gasteiger partial charge in [0.2, 0.25) is 0 Å². The van der Waals surface area contributed by atoms with Gasteiger partial charge in [0, 0.05) is 12.0 Å². The van der Waals surface area contributed by atoms with Crippen LogP contribution in [0.5, 0.6) is 5.75 Å². The monoisotopic (exact) mass is 268 g/mol. The lowest BCUT2D eigenvalue weighted by Gasteiger charge is -2.14. The van der Waals surface area contributed by atoms with Gasteiger partial charge in [0.05, 0.1) is 0 Å². The fraction of sp³-hybridized carbons (Fsp3) is 0.278. The lowest BCUT2D eigenvalue weighted by atomic mass is 10.0. The molecule has 2 aromatic rings. The molecule has 0 aliphatic rings. The molecule has 0 aliphatic heterocycles. The van der Waals surface area contributed by atoms with E-state index in [1.807, 2.05) is 24.3 Å². The first-order chi connectivity index (χ1) is 9.58. The van der Waals surface area contributed by atoms with E-state index in [9.17, 15) is 4.79 Å². The van der Waals surface area contributed by atoms with E-state index in [1.54, 1.807) is 6.92 Å². The molecule has 0 heterocycles. The molecular formula is C18H20O2. The largest absolute Gasteiger partial charge is 0.489 e. The van der Waals surface area contributed by atoms with Crippen molar-refractivity contribution in [3.63, 3.8) is 0 Å². The summed E-state index contributed by atoms with van der Waals surface area (Å²) in [6.07, 6.45) is 0.420. The van der Waals surface area contributed by atoms with Crippen LogP contribution in [-0.4, -0.2) is 5.78 Å². The number of carbonyl (C=O) groups is 1. The van der Waals surface area contributed by atoms with Gasteiger partial charge in [0.25, 0.3) is 0 Å². The summed E-state index contributed by atoms with van der Waals surface area (Å²) in [5.74, 6) is 0.943. The fourth-order valence-corrected chi connectivity index (χ4v) is 2.29. The van der Waals surface area contributed by atoms with E-state index in [2.05, 4.69) is 32.0 Å². The topological polar surface area (TPSA) is 26.3 Å². The molecule has 0 amide bonds. The molecule has 0 saturated heterocycles. The zero-order chi connectivity index (χ0) is 14.5. The summed E-state index contributed by atoms with van der Waals surface area (Å²) < 4.78 is 5.93. The summed E-state index contributed by atoms with van der Waals surface area (Å²) in [4.78, 5) is 11.3. The van der Waals surface area contributed by atoms with Crippen molar-refractivity contribution < 1.29 is 9.53 Å². The minimum absolute atomic E-state index is 0.146. The van der Waals surface area contributed by atoms with Crippen molar-refractivity contribution in [2.24, 2.45) is 0 Å². The molecule has 0 saturated carbocycles. The van der Waals surface area contributed by atoms with Gasteiger partial charge in [-0.1, -0.05) is 36.4 Å². The van der Waals surface area contributed by atoms with Crippen LogP contribution in [-0.2, 0) is 17.8 Å². The number of aryl methyl sites for hydroxylation is 2. The van der Waals surface area contributed by atoms with Crippen molar-refractivity contribution in [2.45, 2.75) is 33.8 Å². The van der Waals surface area contributed by atoms with Gasteiger partial charge in [-0.05, 0) is 43.5 Å². The summed E-state index contributed by atoms with van der Waals surface area (Å²) in [6.45, 7) is 6.32. The van der Waals surface area contributed by atoms with E-state index < -0.39 is 0 Å². The molecule has 2 nitrogen and oxygen atoms in total. The molecule has 104 valence electrons. The summed E-state index contributed by atoms with van der Waals surface area (Å²) in [5, 5.41) is 0. The molecule has 0 atom stereocenters. The summed E-state index contributed by atoms with van der Waals surface area (Å²) in [6, 6.07) is 14.0. The van der Waals surface area contributed by atoms with Crippen molar-refractivity contribution in [2.75, 3.05) is 0 Å². The standard InChI is InChI=1S/C18H20O2/c1-13-7-6-8-14(2)17(13)12-20-18-10-5-4-9-16(18)11-15(3)19/h4-10H,11-12H2,1-3H3. The van der Waals surface area contributed by atoms with Crippen LogP contribution < -0.4 is 4.74 Å². The average Bonchev–Trinajstić information content (AvgIpc) is 2.39. The Morgan fingerprint density at radius 3 is 2.30 bits per heavy atom. The zero-order valence-corrected chi connectivity index (χ0v) is 12.3. The van der Waals surface area contributed by atoms with E-state index >= 15 is 0 Å². The van der Waals surface area contributed by atoms with Crippen LogP contribution in [0.4, 0.5) is 0 Å². The van der Waals surface area contributed by atoms with Crippen LogP contribution in [0.2, 0.25) is 0 Å². The third-order valence-corrected chi connectivity index (χ3v) is 3.43. The highest BCUT2D eigenvalue weighted by Crippen LogP contribution is 2.22. The normalized spacial score (nSPS) is 10.3. The van der Waals surface area contributed by atoms with Gasteiger partial charge in [0.15, 0.2) is 0 Å². The number of hydrogen-bond donors (Lipinski definition) is 0. The molecule has 0 unspecified atom stereocenters. The molecule has 0 bridgehead atoms. The maximum atomic E-state index is 11.3. The SMILES string of the molecule is CC(=O)Cc1ccccc1OCc1c(C)cccc1C. The first kappa shape index (κ1) is 14.3. The highest BCUT2D eigenvalue weighted by molar-refractivity contribution is 5.78. The van der Waals surface area contributed by atoms with E-state index in [-0.39, 0.29) is 5.78 Å². The maximum Gasteiger partial charge on any atom is 0.134 e. The van der Waals surface area contributed by atoms with Crippen molar-refractivity contribution in [3.8, 4) is 5.75 Å². The van der Waals surface area contributed by atoms with Crippen molar-refractivity contribution >= 4 is 5.78 Å². The van der Waals surface area contributed by atoms with Crippen molar-refractivity contribution in [1.82, 2.24) is 0 Å². The lowest BCUT2D eigenvalue weighted by Crippen LogP contribution is -2.04. The average molecular weight is 268 g/mol. The van der Waals surface area contributed by atoms with Crippen LogP contribution in [0.3, 0.4) is 0 Å². The number of ether oxygens (including phenoxy) is 1. The third-order valence-electron chi connectivity index (χ3n) is 3.43. The second-order valence-corrected chi connectivity index (χ2v) is 5.15. The second kappa shape index (κ2) is 6.38. The van der Waals surface area contributed by atoms with Crippen molar-refractivity contribution in [3.05, 3.63) is 64.7 Å². The highest BCUT2D eigenvalue weighted by atomic mass is 16.5. The molecule has 0 aliphatic carbocycles. The molecule has 2 rings (SSSR count). The molecular weight excluding hydrogens is 248 g/mol. The fourth-order valence-electron chi connectivity index (χ4n) is 2.29. The Labute approximate surface area is 120 Å². The summed E-state index contributed by atoms with van der Waals surface area (Å²) in [7, 11) is 0. The number of Topliss-reactive ketones (excluding diaryl/α,β-unsaturated/α-hetero) is 1. The second-order valence-electron chi connectivity index (χ2n) is 5.15. The first-order valence-electron chi connectivity index (χ1n) is 6.83. The smallest absolute Gasteiger partial charge is 0.134 e. The van der Waals surface area contributed by atoms with Gasteiger partial charge in [-0.3, -0.25) is 4.79 Å². The number of benzene rings is 2.